The van der Waals surface area contributed by atoms with Crippen molar-refractivity contribution in [2.45, 2.75) is 12.8 Å². The van der Waals surface area contributed by atoms with Crippen LogP contribution in [0.2, 0.25) is 5.02 Å². The Bertz CT molecular complexity index is 1040. The van der Waals surface area contributed by atoms with Crippen molar-refractivity contribution < 1.29 is 23.5 Å². The van der Waals surface area contributed by atoms with E-state index in [1.54, 1.807) is 29.2 Å². The van der Waals surface area contributed by atoms with Crippen LogP contribution in [-0.4, -0.2) is 53.6 Å². The van der Waals surface area contributed by atoms with Gasteiger partial charge in [-0.3, -0.25) is 19.3 Å². The maximum Gasteiger partial charge on any atom is 0.294 e. The van der Waals surface area contributed by atoms with Gasteiger partial charge in [-0.25, -0.2) is 0 Å². The van der Waals surface area contributed by atoms with Gasteiger partial charge in [0, 0.05) is 24.7 Å². The van der Waals surface area contributed by atoms with Crippen molar-refractivity contribution in [3.05, 3.63) is 46.0 Å². The Balaban J connectivity index is 1.48. The number of benzene rings is 1. The maximum atomic E-state index is 12.6. The summed E-state index contributed by atoms with van der Waals surface area (Å²) in [6.07, 6.45) is 3.42. The highest BCUT2D eigenvalue weighted by atomic mass is 35.5. The van der Waals surface area contributed by atoms with Gasteiger partial charge in [0.05, 0.1) is 17.0 Å². The maximum absolute atomic E-state index is 12.6. The molecule has 0 radical (unpaired) electrons. The number of carbonyl (C=O) groups excluding carboxylic acids is 3. The lowest BCUT2D eigenvalue weighted by atomic mass is 10.2. The third-order valence-electron chi connectivity index (χ3n) is 4.96. The predicted octanol–water partition coefficient (Wildman–Crippen LogP) is 4.27. The number of thioether (sulfide) groups is 1. The number of hydrogen-bond acceptors (Lipinski definition) is 6. The second-order valence-corrected chi connectivity index (χ2v) is 8.31. The van der Waals surface area contributed by atoms with Crippen LogP contribution < -0.4 is 4.74 Å². The molecule has 0 aliphatic carbocycles. The smallest absolute Gasteiger partial charge is 0.294 e. The van der Waals surface area contributed by atoms with Gasteiger partial charge in [0.25, 0.3) is 11.1 Å². The molecule has 2 fully saturated rings. The van der Waals surface area contributed by atoms with E-state index in [2.05, 4.69) is 0 Å². The van der Waals surface area contributed by atoms with Crippen molar-refractivity contribution in [2.24, 2.45) is 0 Å². The zero-order chi connectivity index (χ0) is 21.3. The molecule has 2 aliphatic heterocycles. The Morgan fingerprint density at radius 2 is 2.00 bits per heavy atom. The summed E-state index contributed by atoms with van der Waals surface area (Å²) >= 11 is 6.97. The lowest BCUT2D eigenvalue weighted by Crippen LogP contribution is -2.40. The van der Waals surface area contributed by atoms with Crippen LogP contribution in [0.5, 0.6) is 5.75 Å². The fourth-order valence-electron chi connectivity index (χ4n) is 3.37. The molecular formula is C21H19ClN2O5S. The number of rotatable bonds is 5. The molecule has 156 valence electrons. The van der Waals surface area contributed by atoms with E-state index in [-0.39, 0.29) is 17.4 Å². The third-order valence-corrected chi connectivity index (χ3v) is 6.16. The van der Waals surface area contributed by atoms with Crippen molar-refractivity contribution in [1.29, 1.82) is 0 Å². The van der Waals surface area contributed by atoms with E-state index < -0.39 is 11.1 Å². The molecule has 3 heterocycles. The SMILES string of the molecule is COc1ccc(-c2ccc(/C=C3\SC(=O)N(CC(=O)N4CCCC4)C3=O)o2)cc1Cl. The molecule has 1 aromatic heterocycles. The van der Waals surface area contributed by atoms with Crippen LogP contribution in [0.25, 0.3) is 17.4 Å². The normalized spacial score (nSPS) is 18.0. The summed E-state index contributed by atoms with van der Waals surface area (Å²) in [6, 6.07) is 8.73. The van der Waals surface area contributed by atoms with E-state index in [1.807, 2.05) is 6.07 Å². The van der Waals surface area contributed by atoms with Crippen LogP contribution in [0.15, 0.2) is 39.7 Å². The summed E-state index contributed by atoms with van der Waals surface area (Å²) in [5, 5.41) is 0.00394. The summed E-state index contributed by atoms with van der Waals surface area (Å²) in [5.41, 5.74) is 0.754. The first-order valence-corrected chi connectivity index (χ1v) is 10.6. The van der Waals surface area contributed by atoms with E-state index in [4.69, 9.17) is 20.8 Å². The molecule has 0 bridgehead atoms. The van der Waals surface area contributed by atoms with Gasteiger partial charge in [0.15, 0.2) is 0 Å². The van der Waals surface area contributed by atoms with Gasteiger partial charge in [0.2, 0.25) is 5.91 Å². The van der Waals surface area contributed by atoms with E-state index in [1.165, 1.54) is 13.2 Å². The van der Waals surface area contributed by atoms with Crippen molar-refractivity contribution >= 4 is 46.5 Å². The molecule has 0 spiro atoms. The van der Waals surface area contributed by atoms with Crippen LogP contribution in [0.1, 0.15) is 18.6 Å². The van der Waals surface area contributed by atoms with E-state index in [0.717, 1.165) is 35.1 Å². The number of imide groups is 1. The molecule has 3 amide bonds. The average molecular weight is 447 g/mol. The molecule has 2 saturated heterocycles. The Morgan fingerprint density at radius 1 is 1.23 bits per heavy atom. The highest BCUT2D eigenvalue weighted by Crippen LogP contribution is 2.34. The number of likely N-dealkylation sites (tertiary alicyclic amines) is 1. The monoisotopic (exact) mass is 446 g/mol. The van der Waals surface area contributed by atoms with Gasteiger partial charge in [-0.2, -0.15) is 0 Å². The number of amides is 3. The van der Waals surface area contributed by atoms with Crippen LogP contribution >= 0.6 is 23.4 Å². The number of halogens is 1. The van der Waals surface area contributed by atoms with Crippen LogP contribution in [0.3, 0.4) is 0 Å². The minimum atomic E-state index is -0.483. The number of ether oxygens (including phenoxy) is 1. The number of carbonyl (C=O) groups is 3. The fourth-order valence-corrected chi connectivity index (χ4v) is 4.45. The molecule has 1 aromatic carbocycles. The van der Waals surface area contributed by atoms with Crippen LogP contribution in [-0.2, 0) is 9.59 Å². The minimum Gasteiger partial charge on any atom is -0.495 e. The largest absolute Gasteiger partial charge is 0.495 e. The van der Waals surface area contributed by atoms with Gasteiger partial charge in [-0.05, 0) is 54.9 Å². The first-order chi connectivity index (χ1) is 14.5. The minimum absolute atomic E-state index is 0.201. The second-order valence-electron chi connectivity index (χ2n) is 6.91. The van der Waals surface area contributed by atoms with E-state index in [9.17, 15) is 14.4 Å². The van der Waals surface area contributed by atoms with Gasteiger partial charge in [-0.1, -0.05) is 11.6 Å². The van der Waals surface area contributed by atoms with Gasteiger partial charge >= 0.3 is 0 Å². The Morgan fingerprint density at radius 3 is 2.70 bits per heavy atom. The fraction of sp³-hybridized carbons (Fsp3) is 0.286. The average Bonchev–Trinajstić information content (AvgIpc) is 3.47. The molecule has 0 N–H and O–H groups in total. The predicted molar refractivity (Wildman–Crippen MR) is 114 cm³/mol. The molecule has 0 unspecified atom stereocenters. The van der Waals surface area contributed by atoms with Gasteiger partial charge in [-0.15, -0.1) is 0 Å². The zero-order valence-corrected chi connectivity index (χ0v) is 17.8. The number of furan rings is 1. The number of nitrogens with zero attached hydrogens (tertiary/aromatic N) is 2. The van der Waals surface area contributed by atoms with Crippen molar-refractivity contribution in [3.8, 4) is 17.1 Å². The van der Waals surface area contributed by atoms with E-state index >= 15 is 0 Å². The molecule has 2 aromatic rings. The summed E-state index contributed by atoms with van der Waals surface area (Å²) in [7, 11) is 1.54. The quantitative estimate of drug-likeness (QED) is 0.638. The Hall–Kier alpha value is -2.71. The zero-order valence-electron chi connectivity index (χ0n) is 16.2. The summed E-state index contributed by atoms with van der Waals surface area (Å²) in [5.74, 6) is 0.864. The Labute approximate surface area is 182 Å². The molecule has 4 rings (SSSR count). The van der Waals surface area contributed by atoms with E-state index in [0.29, 0.717) is 35.4 Å². The summed E-state index contributed by atoms with van der Waals surface area (Å²) in [4.78, 5) is 40.1. The standard InChI is InChI=1S/C21H19ClN2O5S/c1-28-17-6-4-13(10-15(17)22)16-7-5-14(29-16)11-18-20(26)24(21(27)30-18)12-19(25)23-8-2-3-9-23/h4-7,10-11H,2-3,8-9,12H2,1H3/b18-11-. The molecule has 2 aliphatic rings. The molecule has 0 atom stereocenters. The first kappa shape index (κ1) is 20.6. The van der Waals surface area contributed by atoms with Crippen LogP contribution in [0, 0.1) is 0 Å². The molecule has 7 nitrogen and oxygen atoms in total. The topological polar surface area (TPSA) is 80.1 Å². The lowest BCUT2D eigenvalue weighted by molar-refractivity contribution is -0.135. The molecule has 9 heteroatoms. The summed E-state index contributed by atoms with van der Waals surface area (Å²) < 4.78 is 10.9. The highest BCUT2D eigenvalue weighted by molar-refractivity contribution is 8.18. The van der Waals surface area contributed by atoms with Crippen molar-refractivity contribution in [2.75, 3.05) is 26.7 Å². The first-order valence-electron chi connectivity index (χ1n) is 9.43. The highest BCUT2D eigenvalue weighted by Gasteiger charge is 2.37. The second kappa shape index (κ2) is 8.57. The third kappa shape index (κ3) is 4.11. The number of methoxy groups -OCH3 is 1. The van der Waals surface area contributed by atoms with Gasteiger partial charge < -0.3 is 14.1 Å². The number of hydrogen-bond donors (Lipinski definition) is 0. The lowest BCUT2D eigenvalue weighted by Gasteiger charge is -2.18. The van der Waals surface area contributed by atoms with Crippen molar-refractivity contribution in [1.82, 2.24) is 9.80 Å². The molecule has 0 saturated carbocycles. The molecular weight excluding hydrogens is 428 g/mol. The summed E-state index contributed by atoms with van der Waals surface area (Å²) in [6.45, 7) is 1.13. The van der Waals surface area contributed by atoms with Crippen molar-refractivity contribution in [3.63, 3.8) is 0 Å². The molecule has 30 heavy (non-hydrogen) atoms. The van der Waals surface area contributed by atoms with Crippen LogP contribution in [0.4, 0.5) is 4.79 Å². The van der Waals surface area contributed by atoms with Gasteiger partial charge in [0.1, 0.15) is 23.8 Å². The Kier molecular flexibility index (Phi) is 5.87.